The number of anilines is 1. The fourth-order valence-corrected chi connectivity index (χ4v) is 2.67. The van der Waals surface area contributed by atoms with Gasteiger partial charge in [0.15, 0.2) is 0 Å². The van der Waals surface area contributed by atoms with E-state index in [4.69, 9.17) is 10.5 Å². The molecule has 0 saturated carbocycles. The molecule has 2 amide bonds. The average molecular weight is 378 g/mol. The number of nitrogen functional groups attached to an aromatic ring is 1. The number of esters is 1. The van der Waals surface area contributed by atoms with E-state index in [0.29, 0.717) is 6.07 Å². The highest BCUT2D eigenvalue weighted by atomic mass is 19.4. The summed E-state index contributed by atoms with van der Waals surface area (Å²) in [5.41, 5.74) is 4.43. The number of hydrogen-bond donors (Lipinski definition) is 1. The molecular weight excluding hydrogens is 365 g/mol. The van der Waals surface area contributed by atoms with Gasteiger partial charge in [0.05, 0.1) is 28.8 Å². The lowest BCUT2D eigenvalue weighted by Gasteiger charge is -2.14. The van der Waals surface area contributed by atoms with Gasteiger partial charge in [-0.25, -0.2) is 4.79 Å². The molecule has 0 unspecified atom stereocenters. The first-order valence-corrected chi connectivity index (χ1v) is 7.79. The fraction of sp³-hybridized carbons (Fsp3) is 0.167. The number of hydrogen-bond acceptors (Lipinski definition) is 5. The number of carbonyl (C=O) groups excluding carboxylic acids is 3. The summed E-state index contributed by atoms with van der Waals surface area (Å²) in [5, 5.41) is 0. The van der Waals surface area contributed by atoms with Gasteiger partial charge in [-0.1, -0.05) is 12.1 Å². The van der Waals surface area contributed by atoms with Gasteiger partial charge in [0.2, 0.25) is 0 Å². The number of alkyl halides is 3. The van der Waals surface area contributed by atoms with Crippen LogP contribution in [0, 0.1) is 0 Å². The molecule has 0 spiro atoms. The third-order valence-corrected chi connectivity index (χ3v) is 4.03. The normalized spacial score (nSPS) is 13.7. The summed E-state index contributed by atoms with van der Waals surface area (Å²) in [6.07, 6.45) is -4.58. The van der Waals surface area contributed by atoms with Crippen LogP contribution in [-0.2, 0) is 10.9 Å². The molecule has 140 valence electrons. The van der Waals surface area contributed by atoms with Crippen LogP contribution in [0.25, 0.3) is 0 Å². The van der Waals surface area contributed by atoms with Crippen molar-refractivity contribution in [1.82, 2.24) is 4.90 Å². The maximum Gasteiger partial charge on any atom is 0.416 e. The van der Waals surface area contributed by atoms with Crippen molar-refractivity contribution in [3.8, 4) is 0 Å². The number of nitrogens with zero attached hydrogens (tertiary/aromatic N) is 1. The highest BCUT2D eigenvalue weighted by Gasteiger charge is 2.35. The zero-order valence-corrected chi connectivity index (χ0v) is 13.7. The van der Waals surface area contributed by atoms with Gasteiger partial charge >= 0.3 is 12.1 Å². The molecule has 0 aliphatic carbocycles. The van der Waals surface area contributed by atoms with Crippen LogP contribution < -0.4 is 5.73 Å². The lowest BCUT2D eigenvalue weighted by molar-refractivity contribution is -0.137. The molecule has 9 heteroatoms. The number of benzene rings is 2. The lowest BCUT2D eigenvalue weighted by Crippen LogP contribution is -2.33. The predicted molar refractivity (Wildman–Crippen MR) is 87.9 cm³/mol. The van der Waals surface area contributed by atoms with E-state index < -0.39 is 29.5 Å². The molecule has 1 aliphatic rings. The fourth-order valence-electron chi connectivity index (χ4n) is 2.67. The predicted octanol–water partition coefficient (Wildman–Crippen LogP) is 2.74. The van der Waals surface area contributed by atoms with Crippen LogP contribution in [-0.4, -0.2) is 35.8 Å². The van der Waals surface area contributed by atoms with Crippen molar-refractivity contribution in [2.75, 3.05) is 18.9 Å². The van der Waals surface area contributed by atoms with Gasteiger partial charge in [-0.15, -0.1) is 0 Å². The van der Waals surface area contributed by atoms with E-state index >= 15 is 0 Å². The summed E-state index contributed by atoms with van der Waals surface area (Å²) in [6, 6.07) is 8.57. The smallest absolute Gasteiger partial charge is 0.416 e. The van der Waals surface area contributed by atoms with Gasteiger partial charge in [0.1, 0.15) is 6.61 Å². The summed E-state index contributed by atoms with van der Waals surface area (Å²) >= 11 is 0. The molecule has 0 fully saturated rings. The third kappa shape index (κ3) is 3.48. The molecule has 2 aromatic carbocycles. The first kappa shape index (κ1) is 18.4. The first-order valence-electron chi connectivity index (χ1n) is 7.79. The second-order valence-corrected chi connectivity index (χ2v) is 5.74. The van der Waals surface area contributed by atoms with E-state index in [0.717, 1.165) is 17.0 Å². The van der Waals surface area contributed by atoms with Crippen LogP contribution in [0.5, 0.6) is 0 Å². The van der Waals surface area contributed by atoms with Gasteiger partial charge in [0.25, 0.3) is 11.8 Å². The standard InChI is InChI=1S/C18H13F3N2O4/c19-18(20,21)10-5-6-13(14(22)9-10)17(26)27-8-7-23-15(24)11-3-1-2-4-12(11)16(23)25/h1-6,9H,7-8,22H2. The Balaban J connectivity index is 1.63. The van der Waals surface area contributed by atoms with Crippen molar-refractivity contribution < 1.29 is 32.3 Å². The van der Waals surface area contributed by atoms with E-state index in [1.807, 2.05) is 0 Å². The van der Waals surface area contributed by atoms with Crippen molar-refractivity contribution in [3.63, 3.8) is 0 Å². The minimum Gasteiger partial charge on any atom is -0.460 e. The van der Waals surface area contributed by atoms with Gasteiger partial charge in [-0.05, 0) is 30.3 Å². The summed E-state index contributed by atoms with van der Waals surface area (Å²) in [6.45, 7) is -0.497. The highest BCUT2D eigenvalue weighted by molar-refractivity contribution is 6.21. The molecule has 27 heavy (non-hydrogen) atoms. The lowest BCUT2D eigenvalue weighted by atomic mass is 10.1. The Morgan fingerprint density at radius 2 is 1.63 bits per heavy atom. The molecule has 6 nitrogen and oxygen atoms in total. The van der Waals surface area contributed by atoms with Gasteiger partial charge in [-0.2, -0.15) is 13.2 Å². The minimum atomic E-state index is -4.58. The number of amides is 2. The van der Waals surface area contributed by atoms with Crippen molar-refractivity contribution in [2.24, 2.45) is 0 Å². The number of halogens is 3. The van der Waals surface area contributed by atoms with Gasteiger partial charge in [-0.3, -0.25) is 14.5 Å². The molecule has 1 aliphatic heterocycles. The molecular formula is C18H13F3N2O4. The van der Waals surface area contributed by atoms with Crippen molar-refractivity contribution in [2.45, 2.75) is 6.18 Å². The Labute approximate surface area is 151 Å². The summed E-state index contributed by atoms with van der Waals surface area (Å²) in [4.78, 5) is 37.3. The van der Waals surface area contributed by atoms with Crippen LogP contribution in [0.3, 0.4) is 0 Å². The molecule has 3 rings (SSSR count). The molecule has 0 radical (unpaired) electrons. The van der Waals surface area contributed by atoms with E-state index in [1.54, 1.807) is 12.1 Å². The monoisotopic (exact) mass is 378 g/mol. The maximum absolute atomic E-state index is 12.6. The Hall–Kier alpha value is -3.36. The summed E-state index contributed by atoms with van der Waals surface area (Å²) < 4.78 is 42.8. The molecule has 0 saturated heterocycles. The second-order valence-electron chi connectivity index (χ2n) is 5.74. The number of nitrogens with two attached hydrogens (primary N) is 1. The molecule has 2 N–H and O–H groups in total. The minimum absolute atomic E-state index is 0.182. The Kier molecular flexibility index (Phi) is 4.61. The highest BCUT2D eigenvalue weighted by Crippen LogP contribution is 2.31. The molecule has 0 atom stereocenters. The SMILES string of the molecule is Nc1cc(C(F)(F)F)ccc1C(=O)OCCN1C(=O)c2ccccc2C1=O. The Morgan fingerprint density at radius 3 is 2.15 bits per heavy atom. The summed E-state index contributed by atoms with van der Waals surface area (Å²) in [5.74, 6) is -1.95. The number of carbonyl (C=O) groups is 3. The maximum atomic E-state index is 12.6. The van der Waals surface area contributed by atoms with Crippen molar-refractivity contribution in [1.29, 1.82) is 0 Å². The number of rotatable bonds is 4. The summed E-state index contributed by atoms with van der Waals surface area (Å²) in [7, 11) is 0. The molecule has 0 aromatic heterocycles. The van der Waals surface area contributed by atoms with Gasteiger partial charge in [0, 0.05) is 5.69 Å². The van der Waals surface area contributed by atoms with Crippen LogP contribution >= 0.6 is 0 Å². The van der Waals surface area contributed by atoms with Crippen LogP contribution in [0.15, 0.2) is 42.5 Å². The average Bonchev–Trinajstić information content (AvgIpc) is 2.86. The molecule has 0 bridgehead atoms. The van der Waals surface area contributed by atoms with E-state index in [2.05, 4.69) is 0 Å². The zero-order chi connectivity index (χ0) is 19.8. The van der Waals surface area contributed by atoms with Crippen LogP contribution in [0.1, 0.15) is 36.6 Å². The second kappa shape index (κ2) is 6.75. The third-order valence-electron chi connectivity index (χ3n) is 4.03. The zero-order valence-electron chi connectivity index (χ0n) is 13.7. The topological polar surface area (TPSA) is 89.7 Å². The Bertz CT molecular complexity index is 905. The molecule has 1 heterocycles. The van der Waals surface area contributed by atoms with Crippen LogP contribution in [0.4, 0.5) is 18.9 Å². The Morgan fingerprint density at radius 1 is 1.04 bits per heavy atom. The molecule has 2 aromatic rings. The quantitative estimate of drug-likeness (QED) is 0.502. The number of fused-ring (bicyclic) bond motifs is 1. The van der Waals surface area contributed by atoms with E-state index in [1.165, 1.54) is 12.1 Å². The largest absolute Gasteiger partial charge is 0.460 e. The van der Waals surface area contributed by atoms with Gasteiger partial charge < -0.3 is 10.5 Å². The number of ether oxygens (including phenoxy) is 1. The van der Waals surface area contributed by atoms with Crippen molar-refractivity contribution in [3.05, 3.63) is 64.7 Å². The van der Waals surface area contributed by atoms with E-state index in [9.17, 15) is 27.6 Å². The van der Waals surface area contributed by atoms with E-state index in [-0.39, 0.29) is 35.5 Å². The first-order chi connectivity index (χ1) is 12.7. The van der Waals surface area contributed by atoms with Crippen LogP contribution in [0.2, 0.25) is 0 Å². The van der Waals surface area contributed by atoms with Crippen molar-refractivity contribution >= 4 is 23.5 Å². The number of imide groups is 1.